The summed E-state index contributed by atoms with van der Waals surface area (Å²) < 4.78 is 5.72. The number of aryl methyl sites for hydroxylation is 1. The maximum Gasteiger partial charge on any atom is 0.259 e. The van der Waals surface area contributed by atoms with Gasteiger partial charge in [-0.15, -0.1) is 0 Å². The van der Waals surface area contributed by atoms with Gasteiger partial charge in [-0.3, -0.25) is 9.59 Å². The first-order chi connectivity index (χ1) is 15.3. The molecule has 4 rings (SSSR count). The molecule has 166 valence electrons. The third-order valence-corrected chi connectivity index (χ3v) is 6.69. The van der Waals surface area contributed by atoms with Crippen LogP contribution in [0.15, 0.2) is 58.5 Å². The van der Waals surface area contributed by atoms with Gasteiger partial charge in [-0.25, -0.2) is 0 Å². The van der Waals surface area contributed by atoms with Gasteiger partial charge in [0.15, 0.2) is 5.17 Å². The van der Waals surface area contributed by atoms with E-state index in [4.69, 9.17) is 4.74 Å². The summed E-state index contributed by atoms with van der Waals surface area (Å²) in [5.41, 5.74) is 3.27. The van der Waals surface area contributed by atoms with Gasteiger partial charge in [0.2, 0.25) is 5.91 Å². The number of hydrogen-bond acceptors (Lipinski definition) is 5. The number of benzene rings is 2. The topological polar surface area (TPSA) is 71.3 Å². The number of amidine groups is 2. The molecule has 0 aromatic heterocycles. The fourth-order valence-electron chi connectivity index (χ4n) is 3.97. The molecular formula is C25H27N3O3S. The summed E-state index contributed by atoms with van der Waals surface area (Å²) in [6, 6.07) is 15.9. The van der Waals surface area contributed by atoms with Gasteiger partial charge in [-0.05, 0) is 44.0 Å². The number of rotatable bonds is 5. The van der Waals surface area contributed by atoms with Crippen molar-refractivity contribution in [2.75, 3.05) is 7.05 Å². The lowest BCUT2D eigenvalue weighted by molar-refractivity contribution is -0.122. The lowest BCUT2D eigenvalue weighted by Gasteiger charge is -2.37. The van der Waals surface area contributed by atoms with Crippen molar-refractivity contribution in [3.05, 3.63) is 65.2 Å². The minimum atomic E-state index is -0.557. The Morgan fingerprint density at radius 2 is 1.75 bits per heavy atom. The first-order valence-electron chi connectivity index (χ1n) is 10.7. The highest BCUT2D eigenvalue weighted by molar-refractivity contribution is 8.13. The summed E-state index contributed by atoms with van der Waals surface area (Å²) in [6.45, 7) is 5.99. The number of ether oxygens (including phenoxy) is 1. The molecule has 2 unspecified atom stereocenters. The Morgan fingerprint density at radius 3 is 2.41 bits per heavy atom. The monoisotopic (exact) mass is 449 g/mol. The fourth-order valence-corrected chi connectivity index (χ4v) is 4.90. The van der Waals surface area contributed by atoms with E-state index in [0.717, 1.165) is 16.9 Å². The van der Waals surface area contributed by atoms with Crippen LogP contribution >= 0.6 is 11.8 Å². The predicted molar refractivity (Wildman–Crippen MR) is 128 cm³/mol. The van der Waals surface area contributed by atoms with Crippen LogP contribution in [0.4, 0.5) is 0 Å². The zero-order valence-corrected chi connectivity index (χ0v) is 19.6. The van der Waals surface area contributed by atoms with Crippen LogP contribution < -0.4 is 4.74 Å². The normalized spacial score (nSPS) is 20.7. The largest absolute Gasteiger partial charge is 0.491 e. The minimum absolute atomic E-state index is 0.0783. The number of thioether (sulfide) groups is 1. The predicted octanol–water partition coefficient (Wildman–Crippen LogP) is 4.57. The van der Waals surface area contributed by atoms with Crippen molar-refractivity contribution in [3.8, 4) is 5.75 Å². The van der Waals surface area contributed by atoms with Crippen molar-refractivity contribution in [1.82, 2.24) is 4.90 Å². The highest BCUT2D eigenvalue weighted by Gasteiger charge is 2.44. The number of amides is 2. The summed E-state index contributed by atoms with van der Waals surface area (Å²) in [5, 5.41) is 0.569. The van der Waals surface area contributed by atoms with E-state index in [0.29, 0.717) is 16.8 Å². The average molecular weight is 450 g/mol. The number of fused-ring (bicyclic) bond motifs is 1. The summed E-state index contributed by atoms with van der Waals surface area (Å²) in [6.07, 6.45) is 0.272. The Labute approximate surface area is 192 Å². The summed E-state index contributed by atoms with van der Waals surface area (Å²) >= 11 is 1.48. The first-order valence-corrected chi connectivity index (χ1v) is 11.7. The molecule has 0 saturated carbocycles. The molecule has 2 aliphatic rings. The Bertz CT molecular complexity index is 1070. The molecule has 6 nitrogen and oxygen atoms in total. The van der Waals surface area contributed by atoms with Crippen LogP contribution in [0.1, 0.15) is 42.9 Å². The standard InChI is InChI=1S/C25H27N3O3S/c1-15(2)31-19-11-9-18(10-12-19)20-13-21(29)26-23-22(20)24(30)27-25(28(23)4)32-14-17-7-5-16(3)6-8-17/h5-12,15,20,22H,13-14H2,1-4H3. The molecular weight excluding hydrogens is 422 g/mol. The third-order valence-electron chi connectivity index (χ3n) is 5.59. The number of carbonyl (C=O) groups excluding carboxylic acids is 2. The van der Waals surface area contributed by atoms with Crippen LogP contribution in [0.5, 0.6) is 5.75 Å². The SMILES string of the molecule is Cc1ccc(CSC2=NC(=O)C3C(=NC(=O)CC3c3ccc(OC(C)C)cc3)N2C)cc1. The van der Waals surface area contributed by atoms with Gasteiger partial charge in [-0.2, -0.15) is 9.98 Å². The van der Waals surface area contributed by atoms with Crippen molar-refractivity contribution in [2.24, 2.45) is 15.9 Å². The molecule has 2 amide bonds. The number of nitrogens with zero attached hydrogens (tertiary/aromatic N) is 3. The van der Waals surface area contributed by atoms with Crippen LogP contribution in [-0.4, -0.2) is 40.9 Å². The fraction of sp³-hybridized carbons (Fsp3) is 0.360. The van der Waals surface area contributed by atoms with E-state index in [1.807, 2.05) is 52.1 Å². The summed E-state index contributed by atoms with van der Waals surface area (Å²) in [7, 11) is 1.83. The summed E-state index contributed by atoms with van der Waals surface area (Å²) in [4.78, 5) is 36.0. The second kappa shape index (κ2) is 9.28. The van der Waals surface area contributed by atoms with Gasteiger partial charge in [0, 0.05) is 25.1 Å². The Kier molecular flexibility index (Phi) is 6.46. The van der Waals surface area contributed by atoms with Crippen molar-refractivity contribution >= 4 is 34.6 Å². The number of carbonyl (C=O) groups is 2. The molecule has 7 heteroatoms. The van der Waals surface area contributed by atoms with Crippen molar-refractivity contribution < 1.29 is 14.3 Å². The summed E-state index contributed by atoms with van der Waals surface area (Å²) in [5.74, 6) is 0.633. The zero-order valence-electron chi connectivity index (χ0n) is 18.7. The van der Waals surface area contributed by atoms with E-state index in [9.17, 15) is 9.59 Å². The molecule has 0 N–H and O–H groups in total. The molecule has 0 saturated heterocycles. The average Bonchev–Trinajstić information content (AvgIpc) is 2.76. The third kappa shape index (κ3) is 4.78. The molecule has 0 aliphatic carbocycles. The van der Waals surface area contributed by atoms with Crippen LogP contribution in [-0.2, 0) is 15.3 Å². The molecule has 2 aliphatic heterocycles. The zero-order chi connectivity index (χ0) is 22.8. The van der Waals surface area contributed by atoms with Gasteiger partial charge < -0.3 is 9.64 Å². The van der Waals surface area contributed by atoms with E-state index in [1.54, 1.807) is 4.90 Å². The Hall–Kier alpha value is -2.93. The van der Waals surface area contributed by atoms with Crippen LogP contribution in [0.2, 0.25) is 0 Å². The molecule has 0 fully saturated rings. The minimum Gasteiger partial charge on any atom is -0.491 e. The molecule has 2 aromatic rings. The van der Waals surface area contributed by atoms with E-state index >= 15 is 0 Å². The highest BCUT2D eigenvalue weighted by Crippen LogP contribution is 2.38. The van der Waals surface area contributed by atoms with Gasteiger partial charge in [-0.1, -0.05) is 53.7 Å². The molecule has 2 atom stereocenters. The van der Waals surface area contributed by atoms with Gasteiger partial charge in [0.25, 0.3) is 5.91 Å². The van der Waals surface area contributed by atoms with Gasteiger partial charge in [0.05, 0.1) is 6.10 Å². The smallest absolute Gasteiger partial charge is 0.259 e. The lowest BCUT2D eigenvalue weighted by Crippen LogP contribution is -2.49. The first kappa shape index (κ1) is 22.3. The molecule has 32 heavy (non-hydrogen) atoms. The maximum absolute atomic E-state index is 13.1. The number of aliphatic imine (C=N–C) groups is 2. The van der Waals surface area contributed by atoms with E-state index in [-0.39, 0.29) is 30.3 Å². The Morgan fingerprint density at radius 1 is 1.06 bits per heavy atom. The number of hydrogen-bond donors (Lipinski definition) is 0. The van der Waals surface area contributed by atoms with E-state index in [1.165, 1.54) is 17.3 Å². The highest BCUT2D eigenvalue weighted by atomic mass is 32.2. The molecule has 0 radical (unpaired) electrons. The second-order valence-corrected chi connectivity index (χ2v) is 9.40. The van der Waals surface area contributed by atoms with Crippen molar-refractivity contribution in [2.45, 2.75) is 45.0 Å². The molecule has 2 heterocycles. The van der Waals surface area contributed by atoms with Gasteiger partial charge in [0.1, 0.15) is 17.5 Å². The molecule has 2 aromatic carbocycles. The van der Waals surface area contributed by atoms with Crippen LogP contribution in [0.3, 0.4) is 0 Å². The van der Waals surface area contributed by atoms with Crippen molar-refractivity contribution in [3.63, 3.8) is 0 Å². The van der Waals surface area contributed by atoms with E-state index < -0.39 is 5.92 Å². The van der Waals surface area contributed by atoms with Crippen molar-refractivity contribution in [1.29, 1.82) is 0 Å². The van der Waals surface area contributed by atoms with Crippen LogP contribution in [0, 0.1) is 12.8 Å². The molecule has 0 bridgehead atoms. The lowest BCUT2D eigenvalue weighted by atomic mass is 9.79. The molecule has 0 spiro atoms. The Balaban J connectivity index is 1.56. The maximum atomic E-state index is 13.1. The quantitative estimate of drug-likeness (QED) is 0.669. The van der Waals surface area contributed by atoms with Gasteiger partial charge >= 0.3 is 0 Å². The van der Waals surface area contributed by atoms with E-state index in [2.05, 4.69) is 34.3 Å². The second-order valence-electron chi connectivity index (χ2n) is 8.45. The van der Waals surface area contributed by atoms with Crippen LogP contribution in [0.25, 0.3) is 0 Å².